The minimum Gasteiger partial charge on any atom is -0.397 e. The molecule has 13 heavy (non-hydrogen) atoms. The summed E-state index contributed by atoms with van der Waals surface area (Å²) in [6, 6.07) is 5.28. The maximum atomic E-state index is 11.8. The van der Waals surface area contributed by atoms with E-state index in [1.54, 1.807) is 18.2 Å². The molecule has 0 saturated carbocycles. The van der Waals surface area contributed by atoms with E-state index in [4.69, 9.17) is 17.3 Å². The van der Waals surface area contributed by atoms with Crippen molar-refractivity contribution in [3.8, 4) is 0 Å². The van der Waals surface area contributed by atoms with Gasteiger partial charge in [0.25, 0.3) is 0 Å². The third-order valence-electron chi connectivity index (χ3n) is 1.66. The number of halogens is 2. The van der Waals surface area contributed by atoms with Crippen LogP contribution < -0.4 is 11.1 Å². The van der Waals surface area contributed by atoms with E-state index in [0.717, 1.165) is 0 Å². The van der Waals surface area contributed by atoms with E-state index >= 15 is 0 Å². The Morgan fingerprint density at radius 3 is 2.85 bits per heavy atom. The molecule has 4 heteroatoms. The third kappa shape index (κ3) is 2.77. The summed E-state index contributed by atoms with van der Waals surface area (Å²) in [5.41, 5.74) is 6.94. The lowest BCUT2D eigenvalue weighted by Crippen LogP contribution is -2.05. The van der Waals surface area contributed by atoms with Crippen molar-refractivity contribution >= 4 is 23.0 Å². The highest BCUT2D eigenvalue weighted by atomic mass is 35.5. The Morgan fingerprint density at radius 1 is 1.46 bits per heavy atom. The van der Waals surface area contributed by atoms with E-state index in [0.29, 0.717) is 29.4 Å². The fourth-order valence-electron chi connectivity index (χ4n) is 1.01. The van der Waals surface area contributed by atoms with Crippen LogP contribution in [0.25, 0.3) is 0 Å². The van der Waals surface area contributed by atoms with Crippen LogP contribution in [0.2, 0.25) is 5.02 Å². The average Bonchev–Trinajstić information content (AvgIpc) is 2.10. The van der Waals surface area contributed by atoms with Crippen molar-refractivity contribution in [1.29, 1.82) is 0 Å². The van der Waals surface area contributed by atoms with Crippen molar-refractivity contribution in [2.24, 2.45) is 0 Å². The minimum atomic E-state index is -0.336. The smallest absolute Gasteiger partial charge is 0.0911 e. The van der Waals surface area contributed by atoms with Crippen LogP contribution in [0.1, 0.15) is 6.42 Å². The van der Waals surface area contributed by atoms with Crippen LogP contribution >= 0.6 is 11.6 Å². The van der Waals surface area contributed by atoms with Crippen LogP contribution in [0.3, 0.4) is 0 Å². The van der Waals surface area contributed by atoms with Gasteiger partial charge in [0.2, 0.25) is 0 Å². The van der Waals surface area contributed by atoms with Crippen molar-refractivity contribution in [3.05, 3.63) is 23.2 Å². The topological polar surface area (TPSA) is 38.0 Å². The zero-order valence-electron chi connectivity index (χ0n) is 7.19. The lowest BCUT2D eigenvalue weighted by atomic mass is 10.2. The molecule has 1 aromatic carbocycles. The fourth-order valence-corrected chi connectivity index (χ4v) is 1.26. The van der Waals surface area contributed by atoms with Crippen LogP contribution in [0, 0.1) is 0 Å². The second kappa shape index (κ2) is 4.92. The quantitative estimate of drug-likeness (QED) is 0.582. The molecule has 0 fully saturated rings. The number of alkyl halides is 1. The number of rotatable bonds is 4. The zero-order valence-corrected chi connectivity index (χ0v) is 7.94. The Labute approximate surface area is 81.9 Å². The Morgan fingerprint density at radius 2 is 2.23 bits per heavy atom. The summed E-state index contributed by atoms with van der Waals surface area (Å²) >= 11 is 5.87. The Bertz CT molecular complexity index is 258. The lowest BCUT2D eigenvalue weighted by molar-refractivity contribution is 0.481. The summed E-state index contributed by atoms with van der Waals surface area (Å²) in [6.45, 7) is 0.210. The van der Waals surface area contributed by atoms with Gasteiger partial charge in [-0.3, -0.25) is 4.39 Å². The first kappa shape index (κ1) is 10.1. The first-order valence-corrected chi connectivity index (χ1v) is 4.47. The summed E-state index contributed by atoms with van der Waals surface area (Å²) in [6.07, 6.45) is 0.463. The van der Waals surface area contributed by atoms with Gasteiger partial charge in [-0.2, -0.15) is 0 Å². The van der Waals surface area contributed by atoms with Gasteiger partial charge in [-0.05, 0) is 18.6 Å². The molecular weight excluding hydrogens is 191 g/mol. The van der Waals surface area contributed by atoms with Crippen molar-refractivity contribution in [1.82, 2.24) is 0 Å². The highest BCUT2D eigenvalue weighted by molar-refractivity contribution is 6.33. The summed E-state index contributed by atoms with van der Waals surface area (Å²) in [5.74, 6) is 0. The monoisotopic (exact) mass is 202 g/mol. The maximum absolute atomic E-state index is 11.8. The fraction of sp³-hybridized carbons (Fsp3) is 0.333. The van der Waals surface area contributed by atoms with Crippen molar-refractivity contribution < 1.29 is 4.39 Å². The second-order valence-electron chi connectivity index (χ2n) is 2.67. The molecule has 0 heterocycles. The predicted octanol–water partition coefficient (Wildman–Crippen LogP) is 2.69. The molecular formula is C9H12ClFN2. The largest absolute Gasteiger partial charge is 0.397 e. The Kier molecular flexibility index (Phi) is 3.83. The molecule has 0 spiro atoms. The molecule has 2 nitrogen and oxygen atoms in total. The van der Waals surface area contributed by atoms with Gasteiger partial charge in [-0.25, -0.2) is 0 Å². The molecule has 0 aliphatic rings. The molecule has 0 bridgehead atoms. The number of nitrogens with two attached hydrogens (primary N) is 1. The molecule has 0 radical (unpaired) electrons. The van der Waals surface area contributed by atoms with E-state index in [1.807, 2.05) is 0 Å². The van der Waals surface area contributed by atoms with Gasteiger partial charge in [0.15, 0.2) is 0 Å². The molecule has 0 aliphatic carbocycles. The molecule has 3 N–H and O–H groups in total. The summed E-state index contributed by atoms with van der Waals surface area (Å²) < 4.78 is 11.8. The van der Waals surface area contributed by atoms with Crippen molar-refractivity contribution in [2.75, 3.05) is 24.3 Å². The summed E-state index contributed by atoms with van der Waals surface area (Å²) in [7, 11) is 0. The number of benzene rings is 1. The number of anilines is 2. The minimum absolute atomic E-state index is 0.336. The van der Waals surface area contributed by atoms with Gasteiger partial charge in [0, 0.05) is 6.54 Å². The van der Waals surface area contributed by atoms with Crippen LogP contribution in [0.15, 0.2) is 18.2 Å². The normalized spacial score (nSPS) is 10.0. The number of para-hydroxylation sites is 1. The van der Waals surface area contributed by atoms with Crippen LogP contribution in [0.5, 0.6) is 0 Å². The summed E-state index contributed by atoms with van der Waals surface area (Å²) in [4.78, 5) is 0. The molecule has 1 rings (SSSR count). The maximum Gasteiger partial charge on any atom is 0.0911 e. The molecule has 0 amide bonds. The standard InChI is InChI=1S/C9H12ClFN2/c10-7-3-1-4-8(12)9(7)13-6-2-5-11/h1,3-4,13H,2,5-6,12H2. The predicted molar refractivity (Wildman–Crippen MR) is 54.9 cm³/mol. The van der Waals surface area contributed by atoms with E-state index in [1.165, 1.54) is 0 Å². The first-order chi connectivity index (χ1) is 6.25. The van der Waals surface area contributed by atoms with Gasteiger partial charge in [0.1, 0.15) is 0 Å². The molecule has 0 aliphatic heterocycles. The first-order valence-electron chi connectivity index (χ1n) is 4.09. The molecule has 72 valence electrons. The van der Waals surface area contributed by atoms with Gasteiger partial charge in [-0.15, -0.1) is 0 Å². The molecule has 0 saturated heterocycles. The van der Waals surface area contributed by atoms with Gasteiger partial charge in [0.05, 0.1) is 23.1 Å². The van der Waals surface area contributed by atoms with Gasteiger partial charge < -0.3 is 11.1 Å². The van der Waals surface area contributed by atoms with Crippen molar-refractivity contribution in [2.45, 2.75) is 6.42 Å². The molecule has 0 atom stereocenters. The Hall–Kier alpha value is -0.960. The number of nitrogens with one attached hydrogen (secondary N) is 1. The van der Waals surface area contributed by atoms with Crippen molar-refractivity contribution in [3.63, 3.8) is 0 Å². The van der Waals surface area contributed by atoms with E-state index in [2.05, 4.69) is 5.32 Å². The number of hydrogen-bond donors (Lipinski definition) is 2. The second-order valence-corrected chi connectivity index (χ2v) is 3.08. The Balaban J connectivity index is 2.64. The van der Waals surface area contributed by atoms with Crippen LogP contribution in [0.4, 0.5) is 15.8 Å². The van der Waals surface area contributed by atoms with Gasteiger partial charge in [-0.1, -0.05) is 17.7 Å². The SMILES string of the molecule is Nc1cccc(Cl)c1NCCCF. The van der Waals surface area contributed by atoms with Crippen LogP contribution in [-0.4, -0.2) is 13.2 Å². The highest BCUT2D eigenvalue weighted by Gasteiger charge is 2.02. The molecule has 1 aromatic rings. The molecule has 0 unspecified atom stereocenters. The highest BCUT2D eigenvalue weighted by Crippen LogP contribution is 2.27. The number of hydrogen-bond acceptors (Lipinski definition) is 2. The third-order valence-corrected chi connectivity index (χ3v) is 1.97. The lowest BCUT2D eigenvalue weighted by Gasteiger charge is -2.09. The van der Waals surface area contributed by atoms with E-state index in [9.17, 15) is 4.39 Å². The van der Waals surface area contributed by atoms with E-state index in [-0.39, 0.29) is 6.67 Å². The zero-order chi connectivity index (χ0) is 9.68. The molecule has 0 aromatic heterocycles. The number of nitrogen functional groups attached to an aromatic ring is 1. The van der Waals surface area contributed by atoms with Gasteiger partial charge >= 0.3 is 0 Å². The van der Waals surface area contributed by atoms with E-state index < -0.39 is 0 Å². The van der Waals surface area contributed by atoms with Crippen LogP contribution in [-0.2, 0) is 0 Å². The average molecular weight is 203 g/mol. The summed E-state index contributed by atoms with van der Waals surface area (Å²) in [5, 5.41) is 3.55.